The highest BCUT2D eigenvalue weighted by molar-refractivity contribution is 5.90. The summed E-state index contributed by atoms with van der Waals surface area (Å²) in [6.45, 7) is 6.92. The Morgan fingerprint density at radius 1 is 1.00 bits per heavy atom. The Kier molecular flexibility index (Phi) is 6.89. The van der Waals surface area contributed by atoms with Crippen molar-refractivity contribution in [3.05, 3.63) is 59.8 Å². The van der Waals surface area contributed by atoms with Gasteiger partial charge in [-0.2, -0.15) is 0 Å². The Morgan fingerprint density at radius 3 is 2.36 bits per heavy atom. The maximum atomic E-state index is 12.0. The van der Waals surface area contributed by atoms with Crippen molar-refractivity contribution in [2.24, 2.45) is 0 Å². The van der Waals surface area contributed by atoms with Gasteiger partial charge in [0, 0.05) is 18.0 Å². The predicted molar refractivity (Wildman–Crippen MR) is 101 cm³/mol. The Hall–Kier alpha value is -2.95. The van der Waals surface area contributed by atoms with E-state index in [9.17, 15) is 4.79 Å². The number of hydrogen-bond acceptors (Lipinski definition) is 3. The number of nitrogens with one attached hydrogen (secondary N) is 2. The maximum Gasteiger partial charge on any atom is 0.323 e. The van der Waals surface area contributed by atoms with Crippen LogP contribution in [0.15, 0.2) is 48.7 Å². The first-order chi connectivity index (χ1) is 12.1. The summed E-state index contributed by atoms with van der Waals surface area (Å²) in [6.07, 6.45) is 3.45. The van der Waals surface area contributed by atoms with Gasteiger partial charge in [-0.25, -0.2) is 4.79 Å². The molecular formula is C20H24N2O3. The van der Waals surface area contributed by atoms with Crippen LogP contribution in [0.4, 0.5) is 10.5 Å². The quantitative estimate of drug-likeness (QED) is 0.775. The van der Waals surface area contributed by atoms with Gasteiger partial charge in [-0.1, -0.05) is 29.8 Å². The highest BCUT2D eigenvalue weighted by Crippen LogP contribution is 2.30. The molecule has 0 saturated carbocycles. The number of hydrogen-bond donors (Lipinski definition) is 2. The van der Waals surface area contributed by atoms with Gasteiger partial charge >= 0.3 is 6.03 Å². The van der Waals surface area contributed by atoms with Gasteiger partial charge in [0.2, 0.25) is 0 Å². The van der Waals surface area contributed by atoms with Crippen LogP contribution in [0.1, 0.15) is 25.0 Å². The second-order valence-corrected chi connectivity index (χ2v) is 5.37. The Bertz CT molecular complexity index is 724. The average Bonchev–Trinajstić information content (AvgIpc) is 2.59. The fourth-order valence-corrected chi connectivity index (χ4v) is 2.19. The van der Waals surface area contributed by atoms with Gasteiger partial charge in [0.15, 0.2) is 11.5 Å². The van der Waals surface area contributed by atoms with E-state index in [4.69, 9.17) is 9.47 Å². The summed E-state index contributed by atoms with van der Waals surface area (Å²) in [4.78, 5) is 12.0. The van der Waals surface area contributed by atoms with Crippen molar-refractivity contribution in [2.45, 2.75) is 20.8 Å². The third kappa shape index (κ3) is 5.88. The second kappa shape index (κ2) is 9.37. The zero-order chi connectivity index (χ0) is 18.1. The number of rotatable bonds is 7. The van der Waals surface area contributed by atoms with Crippen molar-refractivity contribution in [1.29, 1.82) is 0 Å². The normalized spacial score (nSPS) is 10.5. The van der Waals surface area contributed by atoms with Gasteiger partial charge in [-0.05, 0) is 44.5 Å². The summed E-state index contributed by atoms with van der Waals surface area (Å²) in [5, 5.41) is 5.45. The SMILES string of the molecule is CCOc1ccc(NC(=O)N/C=C/c2ccc(C)cc2)cc1OCC. The minimum absolute atomic E-state index is 0.324. The maximum absolute atomic E-state index is 12.0. The molecule has 0 saturated heterocycles. The van der Waals surface area contributed by atoms with Crippen molar-refractivity contribution in [3.63, 3.8) is 0 Å². The van der Waals surface area contributed by atoms with Gasteiger partial charge in [0.25, 0.3) is 0 Å². The van der Waals surface area contributed by atoms with Crippen LogP contribution >= 0.6 is 0 Å². The first kappa shape index (κ1) is 18.4. The fourth-order valence-electron chi connectivity index (χ4n) is 2.19. The van der Waals surface area contributed by atoms with Gasteiger partial charge in [0.05, 0.1) is 13.2 Å². The first-order valence-corrected chi connectivity index (χ1v) is 8.32. The van der Waals surface area contributed by atoms with Crippen LogP contribution < -0.4 is 20.1 Å². The molecule has 0 aliphatic rings. The molecule has 2 aromatic carbocycles. The molecule has 0 fully saturated rings. The van der Waals surface area contributed by atoms with Crippen LogP contribution in [0.3, 0.4) is 0 Å². The Morgan fingerprint density at radius 2 is 1.68 bits per heavy atom. The molecule has 0 atom stereocenters. The number of amides is 2. The number of ether oxygens (including phenoxy) is 2. The molecule has 0 radical (unpaired) electrons. The number of anilines is 1. The molecule has 0 spiro atoms. The summed E-state index contributed by atoms with van der Waals surface area (Å²) < 4.78 is 11.1. The van der Waals surface area contributed by atoms with E-state index in [0.29, 0.717) is 30.4 Å². The lowest BCUT2D eigenvalue weighted by Crippen LogP contribution is -2.23. The van der Waals surface area contributed by atoms with Crippen LogP contribution in [0, 0.1) is 6.92 Å². The second-order valence-electron chi connectivity index (χ2n) is 5.37. The van der Waals surface area contributed by atoms with Crippen LogP contribution in [0.25, 0.3) is 6.08 Å². The molecule has 0 aliphatic carbocycles. The van der Waals surface area contributed by atoms with Gasteiger partial charge < -0.3 is 20.1 Å². The summed E-state index contributed by atoms with van der Waals surface area (Å²) in [6, 6.07) is 13.0. The third-order valence-electron chi connectivity index (χ3n) is 3.37. The smallest absolute Gasteiger partial charge is 0.323 e. The van der Waals surface area contributed by atoms with Crippen molar-refractivity contribution in [1.82, 2.24) is 5.32 Å². The van der Waals surface area contributed by atoms with Gasteiger partial charge in [0.1, 0.15) is 0 Å². The summed E-state index contributed by atoms with van der Waals surface area (Å²) in [5.41, 5.74) is 2.85. The van der Waals surface area contributed by atoms with Crippen molar-refractivity contribution < 1.29 is 14.3 Å². The van der Waals surface area contributed by atoms with Crippen LogP contribution in [0.5, 0.6) is 11.5 Å². The summed E-state index contributed by atoms with van der Waals surface area (Å²) >= 11 is 0. The van der Waals surface area contributed by atoms with E-state index in [1.54, 1.807) is 24.4 Å². The molecular weight excluding hydrogens is 316 g/mol. The van der Waals surface area contributed by atoms with E-state index >= 15 is 0 Å². The van der Waals surface area contributed by atoms with Gasteiger partial charge in [-0.3, -0.25) is 0 Å². The Labute approximate surface area is 148 Å². The molecule has 2 amide bonds. The molecule has 0 bridgehead atoms. The zero-order valence-corrected chi connectivity index (χ0v) is 14.8. The van der Waals surface area contributed by atoms with E-state index in [2.05, 4.69) is 10.6 Å². The highest BCUT2D eigenvalue weighted by atomic mass is 16.5. The molecule has 5 heteroatoms. The molecule has 2 rings (SSSR count). The van der Waals surface area contributed by atoms with Gasteiger partial charge in [-0.15, -0.1) is 0 Å². The molecule has 2 aromatic rings. The average molecular weight is 340 g/mol. The number of carbonyl (C=O) groups is 1. The van der Waals surface area contributed by atoms with E-state index in [-0.39, 0.29) is 6.03 Å². The van der Waals surface area contributed by atoms with Crippen molar-refractivity contribution in [3.8, 4) is 11.5 Å². The monoisotopic (exact) mass is 340 g/mol. The minimum Gasteiger partial charge on any atom is -0.490 e. The number of carbonyl (C=O) groups excluding carboxylic acids is 1. The van der Waals surface area contributed by atoms with Crippen molar-refractivity contribution in [2.75, 3.05) is 18.5 Å². The van der Waals surface area contributed by atoms with Crippen LogP contribution in [0.2, 0.25) is 0 Å². The number of aryl methyl sites for hydroxylation is 1. The standard InChI is InChI=1S/C20H24N2O3/c1-4-24-18-11-10-17(14-19(18)25-5-2)22-20(23)21-13-12-16-8-6-15(3)7-9-16/h6-14H,4-5H2,1-3H3,(H2,21,22,23)/b13-12+. The molecule has 5 nitrogen and oxygen atoms in total. The molecule has 0 heterocycles. The van der Waals surface area contributed by atoms with E-state index < -0.39 is 0 Å². The largest absolute Gasteiger partial charge is 0.490 e. The molecule has 0 aliphatic heterocycles. The topological polar surface area (TPSA) is 59.6 Å². The van der Waals surface area contributed by atoms with E-state index in [1.165, 1.54) is 5.56 Å². The third-order valence-corrected chi connectivity index (χ3v) is 3.37. The number of benzene rings is 2. The van der Waals surface area contributed by atoms with Crippen LogP contribution in [-0.2, 0) is 0 Å². The highest BCUT2D eigenvalue weighted by Gasteiger charge is 2.07. The number of urea groups is 1. The molecule has 25 heavy (non-hydrogen) atoms. The first-order valence-electron chi connectivity index (χ1n) is 8.32. The van der Waals surface area contributed by atoms with E-state index in [1.807, 2.05) is 51.1 Å². The zero-order valence-electron chi connectivity index (χ0n) is 14.8. The lowest BCUT2D eigenvalue weighted by Gasteiger charge is -2.12. The van der Waals surface area contributed by atoms with E-state index in [0.717, 1.165) is 5.56 Å². The lowest BCUT2D eigenvalue weighted by molar-refractivity contribution is 0.255. The fraction of sp³-hybridized carbons (Fsp3) is 0.250. The predicted octanol–water partition coefficient (Wildman–Crippen LogP) is 4.58. The lowest BCUT2D eigenvalue weighted by atomic mass is 10.1. The summed E-state index contributed by atoms with van der Waals surface area (Å²) in [5.74, 6) is 1.27. The summed E-state index contributed by atoms with van der Waals surface area (Å²) in [7, 11) is 0. The molecule has 2 N–H and O–H groups in total. The minimum atomic E-state index is -0.324. The van der Waals surface area contributed by atoms with Crippen LogP contribution in [-0.4, -0.2) is 19.2 Å². The Balaban J connectivity index is 1.95. The molecule has 0 aromatic heterocycles. The molecule has 0 unspecified atom stereocenters. The van der Waals surface area contributed by atoms with Crippen molar-refractivity contribution >= 4 is 17.8 Å². The molecule has 132 valence electrons.